The Morgan fingerprint density at radius 2 is 1.74 bits per heavy atom. The van der Waals surface area contributed by atoms with Gasteiger partial charge in [-0.3, -0.25) is 4.90 Å². The third kappa shape index (κ3) is 4.47. The van der Waals surface area contributed by atoms with Crippen molar-refractivity contribution in [2.75, 3.05) is 33.3 Å². The van der Waals surface area contributed by atoms with E-state index in [0.717, 1.165) is 49.8 Å². The van der Waals surface area contributed by atoms with E-state index >= 15 is 0 Å². The molecule has 3 rings (SSSR count). The van der Waals surface area contributed by atoms with Gasteiger partial charge in [-0.15, -0.1) is 0 Å². The number of nitrogens with one attached hydrogen (secondary N) is 1. The van der Waals surface area contributed by atoms with Gasteiger partial charge in [0.25, 0.3) is 0 Å². The van der Waals surface area contributed by atoms with Gasteiger partial charge in [-0.2, -0.15) is 0 Å². The molecule has 23 heavy (non-hydrogen) atoms. The molecule has 1 saturated heterocycles. The minimum absolute atomic E-state index is 0.550. The van der Waals surface area contributed by atoms with Crippen LogP contribution >= 0.6 is 0 Å². The third-order valence-corrected chi connectivity index (χ3v) is 4.08. The lowest BCUT2D eigenvalue weighted by molar-refractivity contribution is 0.232. The van der Waals surface area contributed by atoms with Crippen molar-refractivity contribution in [1.29, 1.82) is 0 Å². The summed E-state index contributed by atoms with van der Waals surface area (Å²) < 4.78 is 11.4. The van der Waals surface area contributed by atoms with Crippen molar-refractivity contribution in [3.8, 4) is 11.5 Å². The SMILES string of the molecule is COc1ccc(CN2CCNCC2)cc1OCc1ccccc1. The Balaban J connectivity index is 1.68. The highest BCUT2D eigenvalue weighted by molar-refractivity contribution is 5.43. The largest absolute Gasteiger partial charge is 0.493 e. The molecule has 0 amide bonds. The Labute approximate surface area is 138 Å². The van der Waals surface area contributed by atoms with Gasteiger partial charge in [0.05, 0.1) is 7.11 Å². The lowest BCUT2D eigenvalue weighted by Crippen LogP contribution is -2.42. The van der Waals surface area contributed by atoms with E-state index in [-0.39, 0.29) is 0 Å². The van der Waals surface area contributed by atoms with Gasteiger partial charge in [-0.05, 0) is 23.3 Å². The number of hydrogen-bond acceptors (Lipinski definition) is 4. The zero-order chi connectivity index (χ0) is 15.9. The summed E-state index contributed by atoms with van der Waals surface area (Å²) in [5, 5.41) is 3.38. The fourth-order valence-corrected chi connectivity index (χ4v) is 2.80. The van der Waals surface area contributed by atoms with Crippen LogP contribution in [0.2, 0.25) is 0 Å². The van der Waals surface area contributed by atoms with Crippen LogP contribution in [0.5, 0.6) is 11.5 Å². The summed E-state index contributed by atoms with van der Waals surface area (Å²) in [7, 11) is 1.68. The van der Waals surface area contributed by atoms with Crippen molar-refractivity contribution in [2.24, 2.45) is 0 Å². The molecule has 122 valence electrons. The molecular formula is C19H24N2O2. The van der Waals surface area contributed by atoms with E-state index in [9.17, 15) is 0 Å². The Bertz CT molecular complexity index is 610. The summed E-state index contributed by atoms with van der Waals surface area (Å²) in [5.41, 5.74) is 2.41. The van der Waals surface area contributed by atoms with E-state index in [4.69, 9.17) is 9.47 Å². The van der Waals surface area contributed by atoms with Gasteiger partial charge >= 0.3 is 0 Å². The average molecular weight is 312 g/mol. The van der Waals surface area contributed by atoms with Crippen LogP contribution in [0.1, 0.15) is 11.1 Å². The maximum Gasteiger partial charge on any atom is 0.161 e. The number of benzene rings is 2. The summed E-state index contributed by atoms with van der Waals surface area (Å²) in [6.07, 6.45) is 0. The zero-order valence-corrected chi connectivity index (χ0v) is 13.6. The van der Waals surface area contributed by atoms with Crippen LogP contribution in [0.4, 0.5) is 0 Å². The predicted octanol–water partition coefficient (Wildman–Crippen LogP) is 2.68. The summed E-state index contributed by atoms with van der Waals surface area (Å²) in [6, 6.07) is 16.4. The van der Waals surface area contributed by atoms with Crippen LogP contribution in [0.15, 0.2) is 48.5 Å². The normalized spacial score (nSPS) is 15.3. The van der Waals surface area contributed by atoms with Crippen molar-refractivity contribution < 1.29 is 9.47 Å². The first-order chi connectivity index (χ1) is 11.3. The van der Waals surface area contributed by atoms with E-state index in [1.54, 1.807) is 7.11 Å². The number of ether oxygens (including phenoxy) is 2. The van der Waals surface area contributed by atoms with Gasteiger partial charge in [0.15, 0.2) is 11.5 Å². The first kappa shape index (κ1) is 15.8. The van der Waals surface area contributed by atoms with Gasteiger partial charge in [-0.1, -0.05) is 36.4 Å². The molecule has 1 fully saturated rings. The minimum atomic E-state index is 0.550. The fraction of sp³-hybridized carbons (Fsp3) is 0.368. The van der Waals surface area contributed by atoms with Crippen molar-refractivity contribution in [3.05, 3.63) is 59.7 Å². The number of piperazine rings is 1. The van der Waals surface area contributed by atoms with E-state index in [1.807, 2.05) is 24.3 Å². The predicted molar refractivity (Wildman–Crippen MR) is 91.9 cm³/mol. The molecule has 0 aliphatic carbocycles. The van der Waals surface area contributed by atoms with Crippen LogP contribution in [-0.4, -0.2) is 38.2 Å². The van der Waals surface area contributed by atoms with Gasteiger partial charge in [0, 0.05) is 32.7 Å². The van der Waals surface area contributed by atoms with Gasteiger partial charge < -0.3 is 14.8 Å². The Morgan fingerprint density at radius 1 is 0.957 bits per heavy atom. The van der Waals surface area contributed by atoms with Crippen molar-refractivity contribution in [2.45, 2.75) is 13.2 Å². The molecule has 0 radical (unpaired) electrons. The van der Waals surface area contributed by atoms with E-state index < -0.39 is 0 Å². The molecule has 0 unspecified atom stereocenters. The lowest BCUT2D eigenvalue weighted by atomic mass is 10.1. The molecule has 1 aliphatic heterocycles. The third-order valence-electron chi connectivity index (χ3n) is 4.08. The fourth-order valence-electron chi connectivity index (χ4n) is 2.80. The van der Waals surface area contributed by atoms with Crippen molar-refractivity contribution in [3.63, 3.8) is 0 Å². The molecule has 1 heterocycles. The minimum Gasteiger partial charge on any atom is -0.493 e. The smallest absolute Gasteiger partial charge is 0.161 e. The topological polar surface area (TPSA) is 33.7 Å². The molecule has 0 aromatic heterocycles. The van der Waals surface area contributed by atoms with Gasteiger partial charge in [0.1, 0.15) is 6.61 Å². The second-order valence-corrected chi connectivity index (χ2v) is 5.79. The second-order valence-electron chi connectivity index (χ2n) is 5.79. The summed E-state index contributed by atoms with van der Waals surface area (Å²) >= 11 is 0. The number of hydrogen-bond donors (Lipinski definition) is 1. The molecule has 4 nitrogen and oxygen atoms in total. The molecule has 0 bridgehead atoms. The highest BCUT2D eigenvalue weighted by Crippen LogP contribution is 2.29. The summed E-state index contributed by atoms with van der Waals surface area (Å²) in [5.74, 6) is 1.59. The van der Waals surface area contributed by atoms with E-state index in [2.05, 4.69) is 34.5 Å². The molecule has 1 N–H and O–H groups in total. The van der Waals surface area contributed by atoms with Gasteiger partial charge in [0.2, 0.25) is 0 Å². The molecule has 0 atom stereocenters. The maximum atomic E-state index is 5.99. The summed E-state index contributed by atoms with van der Waals surface area (Å²) in [6.45, 7) is 5.81. The zero-order valence-electron chi connectivity index (χ0n) is 13.6. The Morgan fingerprint density at radius 3 is 2.48 bits per heavy atom. The molecule has 2 aromatic rings. The van der Waals surface area contributed by atoms with Crippen LogP contribution in [-0.2, 0) is 13.2 Å². The van der Waals surface area contributed by atoms with Crippen molar-refractivity contribution >= 4 is 0 Å². The van der Waals surface area contributed by atoms with Crippen LogP contribution in [0.3, 0.4) is 0 Å². The lowest BCUT2D eigenvalue weighted by Gasteiger charge is -2.27. The Hall–Kier alpha value is -2.04. The van der Waals surface area contributed by atoms with E-state index in [0.29, 0.717) is 6.61 Å². The molecule has 0 spiro atoms. The highest BCUT2D eigenvalue weighted by Gasteiger charge is 2.12. The standard InChI is InChI=1S/C19H24N2O2/c1-22-18-8-7-17(14-21-11-9-20-10-12-21)13-19(18)23-15-16-5-3-2-4-6-16/h2-8,13,20H,9-12,14-15H2,1H3. The molecule has 0 saturated carbocycles. The molecule has 2 aromatic carbocycles. The van der Waals surface area contributed by atoms with Crippen molar-refractivity contribution in [1.82, 2.24) is 10.2 Å². The van der Waals surface area contributed by atoms with Crippen LogP contribution in [0.25, 0.3) is 0 Å². The average Bonchev–Trinajstić information content (AvgIpc) is 2.62. The van der Waals surface area contributed by atoms with Gasteiger partial charge in [-0.25, -0.2) is 0 Å². The first-order valence-electron chi connectivity index (χ1n) is 8.12. The molecule has 1 aliphatic rings. The van der Waals surface area contributed by atoms with Crippen LogP contribution < -0.4 is 14.8 Å². The van der Waals surface area contributed by atoms with Crippen LogP contribution in [0, 0.1) is 0 Å². The molecule has 4 heteroatoms. The maximum absolute atomic E-state index is 5.99. The number of nitrogens with zero attached hydrogens (tertiary/aromatic N) is 1. The first-order valence-corrected chi connectivity index (χ1v) is 8.12. The molecular weight excluding hydrogens is 288 g/mol. The summed E-state index contributed by atoms with van der Waals surface area (Å²) in [4.78, 5) is 2.46. The highest BCUT2D eigenvalue weighted by atomic mass is 16.5. The number of methoxy groups -OCH3 is 1. The second kappa shape index (κ2) is 7.99. The number of rotatable bonds is 6. The van der Waals surface area contributed by atoms with E-state index in [1.165, 1.54) is 5.56 Å². The Kier molecular flexibility index (Phi) is 5.51. The monoisotopic (exact) mass is 312 g/mol. The quantitative estimate of drug-likeness (QED) is 0.889.